The molecule has 4 aliphatic rings. The van der Waals surface area contributed by atoms with Crippen molar-refractivity contribution in [1.82, 2.24) is 0 Å². The average Bonchev–Trinajstić information content (AvgIpc) is 3.14. The molecule has 0 amide bonds. The van der Waals surface area contributed by atoms with Gasteiger partial charge >= 0.3 is 12.1 Å². The minimum atomic E-state index is -5.85. The summed E-state index contributed by atoms with van der Waals surface area (Å²) in [5.41, 5.74) is -1.25. The first-order chi connectivity index (χ1) is 17.6. The first kappa shape index (κ1) is 27.5. The third kappa shape index (κ3) is 3.76. The summed E-state index contributed by atoms with van der Waals surface area (Å²) in [6, 6.07) is 6.45. The van der Waals surface area contributed by atoms with Crippen LogP contribution in [0.5, 0.6) is 0 Å². The van der Waals surface area contributed by atoms with Gasteiger partial charge in [-0.05, 0) is 85.3 Å². The summed E-state index contributed by atoms with van der Waals surface area (Å²) >= 11 is 0. The molecule has 0 radical (unpaired) electrons. The number of benzene rings is 1. The smallest absolute Gasteiger partial charge is 0.383 e. The maximum absolute atomic E-state index is 14.7. The standard InChI is InChI=1S/C28H31F5O4S/c1-3-38(36,37)19-7-4-16(5-8-19)22-15-18(34)14-17-6-9-20-21(24(17)22)10-12-25(2)23(20)11-13-26(25,35)27(29,30)28(31,32)33/h4-5,7-8,14,20,22-23,35H,3,6,9-13,15H2,1-2H3/t20-,22?,23+,25+,26?/m1/s1. The van der Waals surface area contributed by atoms with Crippen LogP contribution >= 0.6 is 0 Å². The fourth-order valence-electron chi connectivity index (χ4n) is 7.76. The van der Waals surface area contributed by atoms with E-state index in [1.807, 2.05) is 0 Å². The first-order valence-electron chi connectivity index (χ1n) is 13.0. The van der Waals surface area contributed by atoms with Gasteiger partial charge in [-0.2, -0.15) is 22.0 Å². The molecule has 0 saturated heterocycles. The van der Waals surface area contributed by atoms with Gasteiger partial charge in [0.1, 0.15) is 5.60 Å². The monoisotopic (exact) mass is 558 g/mol. The number of carbonyl (C=O) groups excluding carboxylic acids is 1. The predicted octanol–water partition coefficient (Wildman–Crippen LogP) is 6.31. The molecule has 5 atom stereocenters. The van der Waals surface area contributed by atoms with E-state index >= 15 is 0 Å². The number of rotatable bonds is 4. The van der Waals surface area contributed by atoms with Gasteiger partial charge in [0.05, 0.1) is 10.6 Å². The second kappa shape index (κ2) is 8.71. The molecule has 38 heavy (non-hydrogen) atoms. The molecule has 1 N–H and O–H groups in total. The SMILES string of the molecule is CCS(=O)(=O)c1ccc(C2CC(=O)C=C3CC[C@@H]4C(=C32)CC[C@@]2(C)[C@H]4CCC2(O)C(F)(F)C(F)(F)F)cc1. The Morgan fingerprint density at radius 1 is 1.03 bits per heavy atom. The van der Waals surface area contributed by atoms with Crippen LogP contribution in [0.25, 0.3) is 0 Å². The molecule has 2 fully saturated rings. The van der Waals surface area contributed by atoms with Crippen LogP contribution in [0, 0.1) is 17.3 Å². The van der Waals surface area contributed by atoms with E-state index in [-0.39, 0.29) is 54.0 Å². The maximum atomic E-state index is 14.7. The van der Waals surface area contributed by atoms with Crippen molar-refractivity contribution >= 4 is 15.6 Å². The number of hydrogen-bond acceptors (Lipinski definition) is 4. The molecule has 0 spiro atoms. The van der Waals surface area contributed by atoms with Gasteiger partial charge in [-0.25, -0.2) is 8.42 Å². The van der Waals surface area contributed by atoms with E-state index in [1.165, 1.54) is 19.1 Å². The molecule has 5 rings (SSSR count). The van der Waals surface area contributed by atoms with Crippen LogP contribution < -0.4 is 0 Å². The number of sulfone groups is 1. The summed E-state index contributed by atoms with van der Waals surface area (Å²) in [6.45, 7) is 2.94. The lowest BCUT2D eigenvalue weighted by molar-refractivity contribution is -0.362. The number of allylic oxidation sites excluding steroid dienone is 4. The molecule has 2 unspecified atom stereocenters. The summed E-state index contributed by atoms with van der Waals surface area (Å²) in [5.74, 6) is -6.49. The third-order valence-electron chi connectivity index (χ3n) is 9.83. The van der Waals surface area contributed by atoms with Crippen molar-refractivity contribution in [3.63, 3.8) is 0 Å². The van der Waals surface area contributed by atoms with Crippen LogP contribution in [0.2, 0.25) is 0 Å². The Kier molecular flexibility index (Phi) is 6.31. The Bertz CT molecular complexity index is 1330. The number of halogens is 5. The van der Waals surface area contributed by atoms with Crippen LogP contribution in [0.3, 0.4) is 0 Å². The summed E-state index contributed by atoms with van der Waals surface area (Å²) in [5, 5.41) is 11.0. The van der Waals surface area contributed by atoms with E-state index < -0.39 is 45.3 Å². The Morgan fingerprint density at radius 3 is 2.29 bits per heavy atom. The summed E-state index contributed by atoms with van der Waals surface area (Å²) in [7, 11) is -3.40. The second-order valence-electron chi connectivity index (χ2n) is 11.4. The Labute approximate surface area is 218 Å². The topological polar surface area (TPSA) is 71.4 Å². The summed E-state index contributed by atoms with van der Waals surface area (Å²) in [4.78, 5) is 12.8. The van der Waals surface area contributed by atoms with Gasteiger partial charge in [-0.3, -0.25) is 4.79 Å². The first-order valence-corrected chi connectivity index (χ1v) is 14.7. The quantitative estimate of drug-likeness (QED) is 0.440. The highest BCUT2D eigenvalue weighted by Crippen LogP contribution is 2.68. The number of alkyl halides is 5. The highest BCUT2D eigenvalue weighted by molar-refractivity contribution is 7.91. The van der Waals surface area contributed by atoms with Gasteiger partial charge in [0.15, 0.2) is 15.6 Å². The van der Waals surface area contributed by atoms with Crippen molar-refractivity contribution in [3.05, 3.63) is 52.6 Å². The highest BCUT2D eigenvalue weighted by atomic mass is 32.2. The van der Waals surface area contributed by atoms with Gasteiger partial charge < -0.3 is 5.11 Å². The molecule has 4 nitrogen and oxygen atoms in total. The molecular formula is C28H31F5O4S. The molecule has 0 bridgehead atoms. The van der Waals surface area contributed by atoms with Crippen molar-refractivity contribution in [2.75, 3.05) is 5.75 Å². The molecule has 0 heterocycles. The van der Waals surface area contributed by atoms with E-state index in [9.17, 15) is 40.3 Å². The zero-order valence-electron chi connectivity index (χ0n) is 21.2. The van der Waals surface area contributed by atoms with Crippen LogP contribution in [0.4, 0.5) is 22.0 Å². The molecule has 0 aliphatic heterocycles. The van der Waals surface area contributed by atoms with Crippen molar-refractivity contribution < 1.29 is 40.3 Å². The zero-order chi connectivity index (χ0) is 27.9. The third-order valence-corrected chi connectivity index (χ3v) is 11.6. The van der Waals surface area contributed by atoms with Crippen molar-refractivity contribution in [3.8, 4) is 0 Å². The van der Waals surface area contributed by atoms with E-state index in [2.05, 4.69) is 0 Å². The minimum Gasteiger partial charge on any atom is -0.383 e. The Balaban J connectivity index is 1.56. The lowest BCUT2D eigenvalue weighted by atomic mass is 9.53. The normalized spacial score (nSPS) is 33.9. The van der Waals surface area contributed by atoms with E-state index in [0.29, 0.717) is 12.8 Å². The molecule has 2 saturated carbocycles. The van der Waals surface area contributed by atoms with Gasteiger partial charge in [0.25, 0.3) is 0 Å². The Morgan fingerprint density at radius 2 is 1.68 bits per heavy atom. The number of carbonyl (C=O) groups is 1. The number of aliphatic hydroxyl groups is 1. The zero-order valence-corrected chi connectivity index (χ0v) is 22.1. The molecule has 1 aromatic carbocycles. The largest absolute Gasteiger partial charge is 0.456 e. The molecule has 1 aromatic rings. The lowest BCUT2D eigenvalue weighted by Gasteiger charge is -2.53. The summed E-state index contributed by atoms with van der Waals surface area (Å²) in [6.07, 6.45) is -3.38. The van der Waals surface area contributed by atoms with Crippen LogP contribution in [0.15, 0.2) is 52.0 Å². The molecule has 10 heteroatoms. The lowest BCUT2D eigenvalue weighted by Crippen LogP contribution is -2.64. The fraction of sp³-hybridized carbons (Fsp3) is 0.607. The molecular weight excluding hydrogens is 527 g/mol. The Hall–Kier alpha value is -2.07. The predicted molar refractivity (Wildman–Crippen MR) is 130 cm³/mol. The van der Waals surface area contributed by atoms with Crippen molar-refractivity contribution in [2.45, 2.75) is 87.3 Å². The maximum Gasteiger partial charge on any atom is 0.456 e. The van der Waals surface area contributed by atoms with E-state index in [4.69, 9.17) is 0 Å². The average molecular weight is 559 g/mol. The fourth-order valence-corrected chi connectivity index (χ4v) is 8.64. The number of hydrogen-bond donors (Lipinski definition) is 1. The van der Waals surface area contributed by atoms with Gasteiger partial charge in [0.2, 0.25) is 0 Å². The van der Waals surface area contributed by atoms with Crippen molar-refractivity contribution in [1.29, 1.82) is 0 Å². The molecule has 208 valence electrons. The van der Waals surface area contributed by atoms with Crippen molar-refractivity contribution in [2.24, 2.45) is 17.3 Å². The van der Waals surface area contributed by atoms with Gasteiger partial charge in [-0.1, -0.05) is 31.6 Å². The minimum absolute atomic E-state index is 0.0171. The van der Waals surface area contributed by atoms with Gasteiger partial charge in [-0.15, -0.1) is 0 Å². The van der Waals surface area contributed by atoms with Crippen LogP contribution in [-0.4, -0.2) is 42.8 Å². The molecule has 4 aliphatic carbocycles. The summed E-state index contributed by atoms with van der Waals surface area (Å²) < 4.78 is 94.2. The van der Waals surface area contributed by atoms with Crippen LogP contribution in [-0.2, 0) is 14.6 Å². The van der Waals surface area contributed by atoms with Gasteiger partial charge in [0, 0.05) is 17.8 Å². The van der Waals surface area contributed by atoms with E-state index in [1.54, 1.807) is 25.1 Å². The highest BCUT2D eigenvalue weighted by Gasteiger charge is 2.78. The van der Waals surface area contributed by atoms with E-state index in [0.717, 1.165) is 22.3 Å². The van der Waals surface area contributed by atoms with Crippen LogP contribution in [0.1, 0.15) is 70.3 Å². The number of ketones is 1. The second-order valence-corrected chi connectivity index (χ2v) is 13.7. The molecule has 0 aromatic heterocycles. The number of fused-ring (bicyclic) bond motifs is 4.